The van der Waals surface area contributed by atoms with Crippen LogP contribution >= 0.6 is 0 Å². The molecule has 4 nitrogen and oxygen atoms in total. The van der Waals surface area contributed by atoms with Crippen LogP contribution < -0.4 is 5.32 Å². The number of carbonyl (C=O) groups is 1. The zero-order valence-corrected chi connectivity index (χ0v) is 8.53. The van der Waals surface area contributed by atoms with Gasteiger partial charge in [-0.25, -0.2) is 9.97 Å². The number of hydrogen-bond donors (Lipinski definition) is 1. The first-order chi connectivity index (χ1) is 6.70. The zero-order valence-electron chi connectivity index (χ0n) is 8.53. The molecule has 1 heterocycles. The third kappa shape index (κ3) is 3.51. The normalized spacial score (nSPS) is 10.2. The van der Waals surface area contributed by atoms with Gasteiger partial charge in [0.2, 0.25) is 0 Å². The summed E-state index contributed by atoms with van der Waals surface area (Å²) in [4.78, 5) is 19.0. The summed E-state index contributed by atoms with van der Waals surface area (Å²) in [5.74, 6) is 0.494. The molecule has 0 spiro atoms. The third-order valence-electron chi connectivity index (χ3n) is 1.83. The minimum atomic E-state index is -0.105. The molecule has 4 heteroatoms. The highest BCUT2D eigenvalue weighted by atomic mass is 16.1. The van der Waals surface area contributed by atoms with Crippen LogP contribution in [0.3, 0.4) is 0 Å². The van der Waals surface area contributed by atoms with Crippen molar-refractivity contribution in [1.82, 2.24) is 15.3 Å². The third-order valence-corrected chi connectivity index (χ3v) is 1.83. The van der Waals surface area contributed by atoms with E-state index < -0.39 is 0 Å². The molecule has 0 aliphatic heterocycles. The van der Waals surface area contributed by atoms with E-state index in [1.807, 2.05) is 0 Å². The maximum absolute atomic E-state index is 11.4. The number of nitrogens with one attached hydrogen (secondary N) is 1. The minimum Gasteiger partial charge on any atom is -0.352 e. The first-order valence-corrected chi connectivity index (χ1v) is 4.73. The van der Waals surface area contributed by atoms with Gasteiger partial charge in [0.15, 0.2) is 0 Å². The predicted molar refractivity (Wildman–Crippen MR) is 53.8 cm³/mol. The Hall–Kier alpha value is -1.45. The van der Waals surface area contributed by atoms with Crippen molar-refractivity contribution in [1.29, 1.82) is 0 Å². The van der Waals surface area contributed by atoms with Crippen LogP contribution in [0.1, 0.15) is 30.6 Å². The first-order valence-electron chi connectivity index (χ1n) is 4.73. The Bertz CT molecular complexity index is 285. The average Bonchev–Trinajstić information content (AvgIpc) is 2.18. The molecule has 0 bridgehead atoms. The van der Waals surface area contributed by atoms with Crippen molar-refractivity contribution in [2.45, 2.75) is 20.3 Å². The number of rotatable bonds is 4. The summed E-state index contributed by atoms with van der Waals surface area (Å²) >= 11 is 0. The molecule has 1 aromatic heterocycles. The summed E-state index contributed by atoms with van der Waals surface area (Å²) in [6.07, 6.45) is 5.42. The van der Waals surface area contributed by atoms with Gasteiger partial charge in [0.1, 0.15) is 6.33 Å². The van der Waals surface area contributed by atoms with Gasteiger partial charge in [-0.15, -0.1) is 0 Å². The highest BCUT2D eigenvalue weighted by Crippen LogP contribution is 1.98. The summed E-state index contributed by atoms with van der Waals surface area (Å²) in [5, 5.41) is 2.81. The molecule has 0 unspecified atom stereocenters. The Morgan fingerprint density at radius 2 is 2.07 bits per heavy atom. The smallest absolute Gasteiger partial charge is 0.254 e. The van der Waals surface area contributed by atoms with Crippen molar-refractivity contribution in [3.63, 3.8) is 0 Å². The van der Waals surface area contributed by atoms with Gasteiger partial charge in [0.05, 0.1) is 5.56 Å². The topological polar surface area (TPSA) is 54.9 Å². The molecule has 1 amide bonds. The quantitative estimate of drug-likeness (QED) is 0.783. The van der Waals surface area contributed by atoms with Gasteiger partial charge in [0, 0.05) is 18.9 Å². The molecule has 1 rings (SSSR count). The Labute approximate surface area is 83.8 Å². The van der Waals surface area contributed by atoms with Gasteiger partial charge in [-0.05, 0) is 12.3 Å². The molecule has 14 heavy (non-hydrogen) atoms. The molecule has 0 saturated carbocycles. The van der Waals surface area contributed by atoms with Gasteiger partial charge in [-0.2, -0.15) is 0 Å². The second kappa shape index (κ2) is 5.32. The maximum Gasteiger partial charge on any atom is 0.254 e. The van der Waals surface area contributed by atoms with E-state index in [1.165, 1.54) is 18.7 Å². The number of nitrogens with zero attached hydrogens (tertiary/aromatic N) is 2. The van der Waals surface area contributed by atoms with E-state index in [4.69, 9.17) is 0 Å². The van der Waals surface area contributed by atoms with E-state index in [9.17, 15) is 4.79 Å². The predicted octanol–water partition coefficient (Wildman–Crippen LogP) is 1.25. The van der Waals surface area contributed by atoms with Crippen LogP contribution in [0.25, 0.3) is 0 Å². The standard InChI is InChI=1S/C10H15N3O/c1-8(2)3-4-13-10(14)9-5-11-7-12-6-9/h5-8H,3-4H2,1-2H3,(H,13,14). The fourth-order valence-electron chi connectivity index (χ4n) is 0.993. The number of carbonyl (C=O) groups excluding carboxylic acids is 1. The fourth-order valence-corrected chi connectivity index (χ4v) is 0.993. The average molecular weight is 193 g/mol. The van der Waals surface area contributed by atoms with Crippen molar-refractivity contribution in [2.75, 3.05) is 6.54 Å². The molecule has 0 atom stereocenters. The van der Waals surface area contributed by atoms with Gasteiger partial charge in [-0.3, -0.25) is 4.79 Å². The van der Waals surface area contributed by atoms with Gasteiger partial charge < -0.3 is 5.32 Å². The monoisotopic (exact) mass is 193 g/mol. The maximum atomic E-state index is 11.4. The molecule has 0 aromatic carbocycles. The van der Waals surface area contributed by atoms with Gasteiger partial charge in [-0.1, -0.05) is 13.8 Å². The lowest BCUT2D eigenvalue weighted by Gasteiger charge is -2.06. The molecule has 1 aromatic rings. The van der Waals surface area contributed by atoms with E-state index in [-0.39, 0.29) is 5.91 Å². The zero-order chi connectivity index (χ0) is 10.4. The van der Waals surface area contributed by atoms with Crippen LogP contribution in [0.5, 0.6) is 0 Å². The second-order valence-corrected chi connectivity index (χ2v) is 3.57. The van der Waals surface area contributed by atoms with Crippen LogP contribution in [-0.2, 0) is 0 Å². The summed E-state index contributed by atoms with van der Waals surface area (Å²) in [7, 11) is 0. The molecule has 0 saturated heterocycles. The van der Waals surface area contributed by atoms with Crippen molar-refractivity contribution >= 4 is 5.91 Å². The summed E-state index contributed by atoms with van der Waals surface area (Å²) < 4.78 is 0. The highest BCUT2D eigenvalue weighted by molar-refractivity contribution is 5.93. The summed E-state index contributed by atoms with van der Waals surface area (Å²) in [6.45, 7) is 4.95. The Morgan fingerprint density at radius 3 is 2.64 bits per heavy atom. The summed E-state index contributed by atoms with van der Waals surface area (Å²) in [6, 6.07) is 0. The molecule has 0 aliphatic carbocycles. The van der Waals surface area contributed by atoms with Crippen LogP contribution in [0, 0.1) is 5.92 Å². The van der Waals surface area contributed by atoms with Crippen molar-refractivity contribution in [3.05, 3.63) is 24.3 Å². The van der Waals surface area contributed by atoms with E-state index in [0.717, 1.165) is 6.42 Å². The molecular weight excluding hydrogens is 178 g/mol. The van der Waals surface area contributed by atoms with E-state index >= 15 is 0 Å². The second-order valence-electron chi connectivity index (χ2n) is 3.57. The lowest BCUT2D eigenvalue weighted by Crippen LogP contribution is -2.25. The molecule has 0 radical (unpaired) electrons. The van der Waals surface area contributed by atoms with Crippen molar-refractivity contribution < 1.29 is 4.79 Å². The number of hydrogen-bond acceptors (Lipinski definition) is 3. The molecular formula is C10H15N3O. The van der Waals surface area contributed by atoms with Crippen LogP contribution in [0.4, 0.5) is 0 Å². The number of amides is 1. The van der Waals surface area contributed by atoms with Gasteiger partial charge >= 0.3 is 0 Å². The highest BCUT2D eigenvalue weighted by Gasteiger charge is 2.04. The number of aromatic nitrogens is 2. The Balaban J connectivity index is 2.36. The fraction of sp³-hybridized carbons (Fsp3) is 0.500. The lowest BCUT2D eigenvalue weighted by molar-refractivity contribution is 0.0951. The molecule has 76 valence electrons. The molecule has 1 N–H and O–H groups in total. The minimum absolute atomic E-state index is 0.105. The Morgan fingerprint density at radius 1 is 1.43 bits per heavy atom. The van der Waals surface area contributed by atoms with Crippen molar-refractivity contribution in [3.8, 4) is 0 Å². The largest absolute Gasteiger partial charge is 0.352 e. The Kier molecular flexibility index (Phi) is 4.04. The summed E-state index contributed by atoms with van der Waals surface area (Å²) in [5.41, 5.74) is 0.510. The lowest BCUT2D eigenvalue weighted by atomic mass is 10.1. The van der Waals surface area contributed by atoms with E-state index in [0.29, 0.717) is 18.0 Å². The molecule has 0 fully saturated rings. The molecule has 0 aliphatic rings. The SMILES string of the molecule is CC(C)CCNC(=O)c1cncnc1. The van der Waals surface area contributed by atoms with Crippen LogP contribution in [0.15, 0.2) is 18.7 Å². The van der Waals surface area contributed by atoms with Crippen LogP contribution in [-0.4, -0.2) is 22.4 Å². The van der Waals surface area contributed by atoms with Crippen LogP contribution in [0.2, 0.25) is 0 Å². The van der Waals surface area contributed by atoms with E-state index in [1.54, 1.807) is 0 Å². The van der Waals surface area contributed by atoms with Crippen molar-refractivity contribution in [2.24, 2.45) is 5.92 Å². The first kappa shape index (κ1) is 10.6. The van der Waals surface area contributed by atoms with Gasteiger partial charge in [0.25, 0.3) is 5.91 Å². The van der Waals surface area contributed by atoms with E-state index in [2.05, 4.69) is 29.1 Å².